The molecule has 0 radical (unpaired) electrons. The molecule has 0 fully saturated rings. The molecule has 0 atom stereocenters. The number of hydrogen-bond donors (Lipinski definition) is 0. The second-order valence-electron chi connectivity index (χ2n) is 10.7. The van der Waals surface area contributed by atoms with Gasteiger partial charge in [-0.05, 0) is 81.6 Å². The van der Waals surface area contributed by atoms with Crippen LogP contribution < -0.4 is 0 Å². The van der Waals surface area contributed by atoms with Gasteiger partial charge in [-0.2, -0.15) is 0 Å². The second-order valence-corrected chi connectivity index (χ2v) is 17.7. The summed E-state index contributed by atoms with van der Waals surface area (Å²) in [6.45, 7) is 0. The Bertz CT molecular complexity index is 2120. The Kier molecular flexibility index (Phi) is 9.92. The first kappa shape index (κ1) is 33.4. The van der Waals surface area contributed by atoms with Crippen molar-refractivity contribution in [2.75, 3.05) is 0 Å². The van der Waals surface area contributed by atoms with Crippen LogP contribution in [0.5, 0.6) is 0 Å². The van der Waals surface area contributed by atoms with Crippen LogP contribution in [-0.2, 0) is 0 Å². The summed E-state index contributed by atoms with van der Waals surface area (Å²) in [5.74, 6) is 0. The van der Waals surface area contributed by atoms with Crippen LogP contribution in [0.4, 0.5) is 0 Å². The van der Waals surface area contributed by atoms with E-state index in [1.807, 2.05) is 0 Å². The van der Waals surface area contributed by atoms with Crippen LogP contribution in [0.25, 0.3) is 66.1 Å². The highest BCUT2D eigenvalue weighted by molar-refractivity contribution is 9.12. The van der Waals surface area contributed by atoms with Crippen molar-refractivity contribution >= 4 is 149 Å². The van der Waals surface area contributed by atoms with Crippen molar-refractivity contribution in [3.63, 3.8) is 0 Å². The first-order valence-corrected chi connectivity index (χ1v) is 20.3. The molecule has 0 unspecified atom stereocenters. The standard InChI is InChI=1S/C38H18Br8/c39-23-15-29(43)35(30(44)16-23)37-33-25(11-21(13-27(33)41)19-7-3-1-4-8-19)26-12-22(20-9-5-2-6-10-20)14-28(42)34(26)38(37)36-31(45)17-24(40)18-32(36)46/h1-18H. The summed E-state index contributed by atoms with van der Waals surface area (Å²) in [6, 6.07) is 38.6. The molecule has 7 aromatic carbocycles. The smallest absolute Gasteiger partial charge is 0.0276 e. The Morgan fingerprint density at radius 1 is 0.283 bits per heavy atom. The molecule has 46 heavy (non-hydrogen) atoms. The highest BCUT2D eigenvalue weighted by Gasteiger charge is 2.27. The topological polar surface area (TPSA) is 0 Å². The first-order chi connectivity index (χ1) is 22.1. The zero-order valence-electron chi connectivity index (χ0n) is 23.4. The molecular weight excluding hydrogens is 1100 g/mol. The van der Waals surface area contributed by atoms with Gasteiger partial charge < -0.3 is 0 Å². The molecule has 0 saturated carbocycles. The van der Waals surface area contributed by atoms with E-state index in [2.05, 4.69) is 237 Å². The van der Waals surface area contributed by atoms with Crippen LogP contribution in [0.15, 0.2) is 145 Å². The van der Waals surface area contributed by atoms with Gasteiger partial charge in [-0.3, -0.25) is 0 Å². The van der Waals surface area contributed by atoms with Crippen LogP contribution in [0.2, 0.25) is 0 Å². The number of benzene rings is 7. The highest BCUT2D eigenvalue weighted by Crippen LogP contribution is 2.55. The van der Waals surface area contributed by atoms with Gasteiger partial charge in [-0.25, -0.2) is 0 Å². The number of halogens is 8. The summed E-state index contributed by atoms with van der Waals surface area (Å²) in [7, 11) is 0. The zero-order chi connectivity index (χ0) is 32.3. The predicted molar refractivity (Wildman–Crippen MR) is 225 cm³/mol. The number of fused-ring (bicyclic) bond motifs is 3. The van der Waals surface area contributed by atoms with E-state index < -0.39 is 0 Å². The molecule has 8 heteroatoms. The van der Waals surface area contributed by atoms with Crippen molar-refractivity contribution in [2.45, 2.75) is 0 Å². The molecule has 226 valence electrons. The normalized spacial score (nSPS) is 11.5. The molecule has 7 aromatic rings. The van der Waals surface area contributed by atoms with Gasteiger partial charge in [-0.1, -0.05) is 188 Å². The lowest BCUT2D eigenvalue weighted by Gasteiger charge is -2.24. The summed E-state index contributed by atoms with van der Waals surface area (Å²) >= 11 is 31.4. The molecule has 0 aliphatic rings. The third-order valence-corrected chi connectivity index (χ3v) is 12.6. The van der Waals surface area contributed by atoms with E-state index in [0.29, 0.717) is 0 Å². The van der Waals surface area contributed by atoms with E-state index in [-0.39, 0.29) is 0 Å². The highest BCUT2D eigenvalue weighted by atomic mass is 79.9. The van der Waals surface area contributed by atoms with Gasteiger partial charge in [0, 0.05) is 68.8 Å². The van der Waals surface area contributed by atoms with Gasteiger partial charge >= 0.3 is 0 Å². The van der Waals surface area contributed by atoms with Crippen molar-refractivity contribution in [1.29, 1.82) is 0 Å². The lowest BCUT2D eigenvalue weighted by molar-refractivity contribution is 1.51. The molecule has 0 aliphatic heterocycles. The molecule has 0 spiro atoms. The zero-order valence-corrected chi connectivity index (χ0v) is 36.1. The van der Waals surface area contributed by atoms with Gasteiger partial charge in [0.05, 0.1) is 0 Å². The van der Waals surface area contributed by atoms with Gasteiger partial charge in [0.25, 0.3) is 0 Å². The van der Waals surface area contributed by atoms with Gasteiger partial charge in [0.2, 0.25) is 0 Å². The maximum absolute atomic E-state index is 4.10. The Balaban J connectivity index is 1.78. The summed E-state index contributed by atoms with van der Waals surface area (Å²) in [4.78, 5) is 0. The minimum atomic E-state index is 0.969. The van der Waals surface area contributed by atoms with Crippen molar-refractivity contribution in [3.8, 4) is 44.5 Å². The number of hydrogen-bond acceptors (Lipinski definition) is 0. The maximum atomic E-state index is 4.10. The summed E-state index contributed by atoms with van der Waals surface area (Å²) in [5, 5.41) is 4.52. The third-order valence-electron chi connectivity index (χ3n) is 7.95. The lowest BCUT2D eigenvalue weighted by atomic mass is 9.83. The first-order valence-electron chi connectivity index (χ1n) is 14.0. The van der Waals surface area contributed by atoms with Gasteiger partial charge in [0.15, 0.2) is 0 Å². The predicted octanol–water partition coefficient (Wildman–Crippen LogP) is 16.8. The fraction of sp³-hybridized carbons (Fsp3) is 0. The molecule has 0 aliphatic carbocycles. The molecule has 0 bridgehead atoms. The Labute approximate surface area is 334 Å². The minimum absolute atomic E-state index is 0.969. The Hall–Kier alpha value is -1.10. The van der Waals surface area contributed by atoms with Crippen LogP contribution in [0.1, 0.15) is 0 Å². The quantitative estimate of drug-likeness (QED) is 0.154. The largest absolute Gasteiger partial charge is 0.0622 e. The molecule has 0 heterocycles. The Morgan fingerprint density at radius 3 is 0.935 bits per heavy atom. The molecule has 0 N–H and O–H groups in total. The monoisotopic (exact) mass is 1110 g/mol. The second kappa shape index (κ2) is 13.7. The van der Waals surface area contributed by atoms with E-state index in [4.69, 9.17) is 0 Å². The van der Waals surface area contributed by atoms with Gasteiger partial charge in [-0.15, -0.1) is 0 Å². The van der Waals surface area contributed by atoms with Crippen LogP contribution in [0.3, 0.4) is 0 Å². The van der Waals surface area contributed by atoms with Crippen LogP contribution in [-0.4, -0.2) is 0 Å². The molecule has 7 rings (SSSR count). The fourth-order valence-corrected chi connectivity index (χ4v) is 12.7. The van der Waals surface area contributed by atoms with Crippen molar-refractivity contribution in [1.82, 2.24) is 0 Å². The molecule has 0 amide bonds. The van der Waals surface area contributed by atoms with Crippen LogP contribution in [0, 0.1) is 0 Å². The number of rotatable bonds is 4. The average Bonchev–Trinajstić information content (AvgIpc) is 3.01. The maximum Gasteiger partial charge on any atom is 0.0276 e. The van der Waals surface area contributed by atoms with E-state index >= 15 is 0 Å². The fourth-order valence-electron chi connectivity index (χ4n) is 6.05. The molecule has 0 saturated heterocycles. The summed E-state index contributed by atoms with van der Waals surface area (Å²) in [6.07, 6.45) is 0. The SMILES string of the molecule is Brc1cc(Br)c(-c2c(-c3c(Br)cc(Br)cc3Br)c3c(Br)cc(-c4ccccc4)cc3c3cc(-c4ccccc4)cc(Br)c23)c(Br)c1. The lowest BCUT2D eigenvalue weighted by Crippen LogP contribution is -1.97. The van der Waals surface area contributed by atoms with Gasteiger partial charge in [0.1, 0.15) is 0 Å². The van der Waals surface area contributed by atoms with Crippen LogP contribution >= 0.6 is 127 Å². The summed E-state index contributed by atoms with van der Waals surface area (Å²) in [5.41, 5.74) is 8.90. The summed E-state index contributed by atoms with van der Waals surface area (Å²) < 4.78 is 7.85. The Morgan fingerprint density at radius 2 is 0.609 bits per heavy atom. The molecule has 0 nitrogen and oxygen atoms in total. The minimum Gasteiger partial charge on any atom is -0.0622 e. The molecule has 0 aromatic heterocycles. The molecular formula is C38H18Br8. The van der Waals surface area contributed by atoms with Crippen molar-refractivity contribution < 1.29 is 0 Å². The third kappa shape index (κ3) is 6.12. The average molecular weight is 1110 g/mol. The van der Waals surface area contributed by atoms with E-state index in [0.717, 1.165) is 102 Å². The van der Waals surface area contributed by atoms with E-state index in [1.54, 1.807) is 0 Å². The van der Waals surface area contributed by atoms with E-state index in [1.165, 1.54) is 0 Å². The van der Waals surface area contributed by atoms with Crippen molar-refractivity contribution in [3.05, 3.63) is 145 Å². The van der Waals surface area contributed by atoms with Crippen molar-refractivity contribution in [2.24, 2.45) is 0 Å². The van der Waals surface area contributed by atoms with E-state index in [9.17, 15) is 0 Å².